The van der Waals surface area contributed by atoms with Gasteiger partial charge in [0.1, 0.15) is 5.82 Å². The molecule has 25 heavy (non-hydrogen) atoms. The van der Waals surface area contributed by atoms with Gasteiger partial charge in [-0.25, -0.2) is 12.8 Å². The monoisotopic (exact) mass is 368 g/mol. The van der Waals surface area contributed by atoms with Gasteiger partial charge in [-0.2, -0.15) is 4.31 Å². The quantitative estimate of drug-likeness (QED) is 0.821. The molecule has 1 aliphatic heterocycles. The van der Waals surface area contributed by atoms with Crippen LogP contribution in [0.3, 0.4) is 0 Å². The molecule has 1 atom stereocenters. The van der Waals surface area contributed by atoms with Crippen LogP contribution in [0.4, 0.5) is 4.39 Å². The van der Waals surface area contributed by atoms with E-state index in [9.17, 15) is 17.6 Å². The molecule has 0 spiro atoms. The lowest BCUT2D eigenvalue weighted by Gasteiger charge is -2.40. The van der Waals surface area contributed by atoms with Crippen LogP contribution in [0.5, 0.6) is 0 Å². The van der Waals surface area contributed by atoms with Crippen LogP contribution in [-0.4, -0.2) is 55.0 Å². The smallest absolute Gasteiger partial charge is 0.253 e. The number of hydrogen-bond donors (Lipinski definition) is 0. The second-order valence-electron chi connectivity index (χ2n) is 7.06. The van der Waals surface area contributed by atoms with Crippen molar-refractivity contribution in [2.45, 2.75) is 50.6 Å². The van der Waals surface area contributed by atoms with Gasteiger partial charge in [-0.3, -0.25) is 4.79 Å². The van der Waals surface area contributed by atoms with Crippen LogP contribution in [-0.2, 0) is 10.0 Å². The number of rotatable bonds is 4. The Balaban J connectivity index is 1.70. The SMILES string of the molecule is CS(=O)(=O)N(C1CCC1)C1CCCN(C(=O)c2cccc(F)c2)CC1. The van der Waals surface area contributed by atoms with Gasteiger partial charge in [0.25, 0.3) is 5.91 Å². The number of amides is 1. The van der Waals surface area contributed by atoms with E-state index in [-0.39, 0.29) is 18.0 Å². The van der Waals surface area contributed by atoms with E-state index >= 15 is 0 Å². The van der Waals surface area contributed by atoms with Crippen LogP contribution in [0.1, 0.15) is 48.9 Å². The minimum Gasteiger partial charge on any atom is -0.339 e. The molecule has 1 saturated carbocycles. The summed E-state index contributed by atoms with van der Waals surface area (Å²) in [7, 11) is -3.26. The molecule has 1 aliphatic carbocycles. The fraction of sp³-hybridized carbons (Fsp3) is 0.611. The van der Waals surface area contributed by atoms with Crippen molar-refractivity contribution in [1.82, 2.24) is 9.21 Å². The van der Waals surface area contributed by atoms with Crippen LogP contribution < -0.4 is 0 Å². The number of halogens is 1. The minimum atomic E-state index is -3.26. The molecule has 138 valence electrons. The van der Waals surface area contributed by atoms with Crippen LogP contribution in [0.25, 0.3) is 0 Å². The van der Waals surface area contributed by atoms with Gasteiger partial charge in [0.2, 0.25) is 10.0 Å². The highest BCUT2D eigenvalue weighted by molar-refractivity contribution is 7.88. The Morgan fingerprint density at radius 3 is 2.40 bits per heavy atom. The number of hydrogen-bond acceptors (Lipinski definition) is 3. The summed E-state index contributed by atoms with van der Waals surface area (Å²) in [6.45, 7) is 1.08. The Morgan fingerprint density at radius 2 is 1.80 bits per heavy atom. The minimum absolute atomic E-state index is 0.0504. The van der Waals surface area contributed by atoms with Crippen molar-refractivity contribution in [3.8, 4) is 0 Å². The fourth-order valence-corrected chi connectivity index (χ4v) is 5.33. The van der Waals surface area contributed by atoms with Gasteiger partial charge in [0, 0.05) is 30.7 Å². The lowest BCUT2D eigenvalue weighted by atomic mass is 9.91. The summed E-state index contributed by atoms with van der Waals surface area (Å²) in [5, 5.41) is 0. The van der Waals surface area contributed by atoms with Crippen molar-refractivity contribution >= 4 is 15.9 Å². The maximum absolute atomic E-state index is 13.4. The van der Waals surface area contributed by atoms with E-state index in [4.69, 9.17) is 0 Å². The van der Waals surface area contributed by atoms with Gasteiger partial charge < -0.3 is 4.90 Å². The third-order valence-electron chi connectivity index (χ3n) is 5.23. The molecule has 0 bridgehead atoms. The number of carbonyl (C=O) groups is 1. The van der Waals surface area contributed by atoms with Crippen LogP contribution in [0.2, 0.25) is 0 Å². The van der Waals surface area contributed by atoms with Gasteiger partial charge in [-0.15, -0.1) is 0 Å². The molecule has 1 heterocycles. The topological polar surface area (TPSA) is 57.7 Å². The average molecular weight is 368 g/mol. The van der Waals surface area contributed by atoms with Crippen molar-refractivity contribution < 1.29 is 17.6 Å². The second-order valence-corrected chi connectivity index (χ2v) is 8.95. The normalized spacial score (nSPS) is 22.5. The summed E-state index contributed by atoms with van der Waals surface area (Å²) in [5.41, 5.74) is 0.345. The Labute approximate surface area is 148 Å². The zero-order valence-electron chi connectivity index (χ0n) is 14.5. The van der Waals surface area contributed by atoms with E-state index in [0.29, 0.717) is 25.1 Å². The van der Waals surface area contributed by atoms with Crippen LogP contribution >= 0.6 is 0 Å². The van der Waals surface area contributed by atoms with E-state index < -0.39 is 15.8 Å². The highest BCUT2D eigenvalue weighted by Gasteiger charge is 2.37. The van der Waals surface area contributed by atoms with E-state index in [0.717, 1.165) is 32.1 Å². The number of likely N-dealkylation sites (tertiary alicyclic amines) is 1. The standard InChI is InChI=1S/C18H25FN2O3S/c1-25(23,24)21(16-7-3-8-16)17-9-4-11-20(12-10-17)18(22)14-5-2-6-15(19)13-14/h2,5-6,13,16-17H,3-4,7-12H2,1H3. The summed E-state index contributed by atoms with van der Waals surface area (Å²) < 4.78 is 39.6. The van der Waals surface area contributed by atoms with Crippen molar-refractivity contribution in [3.05, 3.63) is 35.6 Å². The second kappa shape index (κ2) is 7.41. The summed E-state index contributed by atoms with van der Waals surface area (Å²) >= 11 is 0. The maximum Gasteiger partial charge on any atom is 0.253 e. The van der Waals surface area contributed by atoms with E-state index in [1.807, 2.05) is 0 Å². The third-order valence-corrected chi connectivity index (χ3v) is 6.60. The molecule has 7 heteroatoms. The maximum atomic E-state index is 13.4. The molecule has 0 N–H and O–H groups in total. The predicted octanol–water partition coefficient (Wildman–Crippen LogP) is 2.63. The van der Waals surface area contributed by atoms with Gasteiger partial charge in [0.15, 0.2) is 0 Å². The number of nitrogens with zero attached hydrogens (tertiary/aromatic N) is 2. The fourth-order valence-electron chi connectivity index (χ4n) is 3.82. The van der Waals surface area contributed by atoms with Crippen LogP contribution in [0, 0.1) is 5.82 Å². The van der Waals surface area contributed by atoms with Gasteiger partial charge >= 0.3 is 0 Å². The highest BCUT2D eigenvalue weighted by atomic mass is 32.2. The molecule has 5 nitrogen and oxygen atoms in total. The van der Waals surface area contributed by atoms with E-state index in [1.54, 1.807) is 15.3 Å². The Hall–Kier alpha value is -1.47. The van der Waals surface area contributed by atoms with Crippen molar-refractivity contribution in [2.75, 3.05) is 19.3 Å². The predicted molar refractivity (Wildman–Crippen MR) is 94.3 cm³/mol. The first kappa shape index (κ1) is 18.3. The van der Waals surface area contributed by atoms with Gasteiger partial charge in [-0.05, 0) is 50.3 Å². The first-order chi connectivity index (χ1) is 11.9. The summed E-state index contributed by atoms with van der Waals surface area (Å²) in [4.78, 5) is 14.3. The highest BCUT2D eigenvalue weighted by Crippen LogP contribution is 2.32. The van der Waals surface area contributed by atoms with Gasteiger partial charge in [0.05, 0.1) is 6.26 Å². The molecule has 3 rings (SSSR count). The Bertz CT molecular complexity index is 734. The Kier molecular flexibility index (Phi) is 5.43. The van der Waals surface area contributed by atoms with Gasteiger partial charge in [-0.1, -0.05) is 12.5 Å². The molecule has 1 unspecified atom stereocenters. The molecule has 2 fully saturated rings. The molecule has 1 amide bonds. The first-order valence-corrected chi connectivity index (χ1v) is 10.7. The lowest BCUT2D eigenvalue weighted by Crippen LogP contribution is -2.50. The molecule has 2 aliphatic rings. The molecule has 1 aromatic carbocycles. The summed E-state index contributed by atoms with van der Waals surface area (Å²) in [6.07, 6.45) is 6.36. The lowest BCUT2D eigenvalue weighted by molar-refractivity contribution is 0.0757. The summed E-state index contributed by atoms with van der Waals surface area (Å²) in [5.74, 6) is -0.610. The number of sulfonamides is 1. The average Bonchev–Trinajstić information content (AvgIpc) is 2.74. The molecular weight excluding hydrogens is 343 g/mol. The van der Waals surface area contributed by atoms with Crippen molar-refractivity contribution in [2.24, 2.45) is 0 Å². The summed E-state index contributed by atoms with van der Waals surface area (Å²) in [6, 6.07) is 5.78. The third kappa shape index (κ3) is 4.20. The van der Waals surface area contributed by atoms with Crippen molar-refractivity contribution in [3.63, 3.8) is 0 Å². The molecule has 0 radical (unpaired) electrons. The van der Waals surface area contributed by atoms with Crippen molar-refractivity contribution in [1.29, 1.82) is 0 Å². The molecular formula is C18H25FN2O3S. The number of benzene rings is 1. The first-order valence-electron chi connectivity index (χ1n) is 8.89. The Morgan fingerprint density at radius 1 is 1.12 bits per heavy atom. The largest absolute Gasteiger partial charge is 0.339 e. The number of carbonyl (C=O) groups excluding carboxylic acids is 1. The molecule has 0 aromatic heterocycles. The van der Waals surface area contributed by atoms with E-state index in [1.165, 1.54) is 24.5 Å². The molecule has 1 aromatic rings. The van der Waals surface area contributed by atoms with Crippen LogP contribution in [0.15, 0.2) is 24.3 Å². The molecule has 1 saturated heterocycles. The van der Waals surface area contributed by atoms with E-state index in [2.05, 4.69) is 0 Å². The zero-order chi connectivity index (χ0) is 18.0. The zero-order valence-corrected chi connectivity index (χ0v) is 15.3.